The third-order valence-corrected chi connectivity index (χ3v) is 19.0. The van der Waals surface area contributed by atoms with Gasteiger partial charge in [0.25, 0.3) is 5.91 Å². The van der Waals surface area contributed by atoms with Crippen LogP contribution in [0.2, 0.25) is 18.6 Å². The van der Waals surface area contributed by atoms with Crippen molar-refractivity contribution in [1.82, 2.24) is 4.90 Å². The predicted octanol–water partition coefficient (Wildman–Crippen LogP) is 8.46. The quantitative estimate of drug-likeness (QED) is 0.134. The Hall–Kier alpha value is -5.30. The maximum Gasteiger partial charge on any atom is 0.264 e. The van der Waals surface area contributed by atoms with Crippen LogP contribution < -0.4 is 24.6 Å². The van der Waals surface area contributed by atoms with Gasteiger partial charge in [0, 0.05) is 61.9 Å². The Morgan fingerprint density at radius 3 is 2.06 bits per heavy atom. The zero-order valence-corrected chi connectivity index (χ0v) is 39.7. The zero-order valence-electron chi connectivity index (χ0n) is 38.7. The van der Waals surface area contributed by atoms with Crippen LogP contribution in [0.5, 0.6) is 5.75 Å². The first-order chi connectivity index (χ1) is 31.5. The SMILES string of the molecule is COc1ccc([Si](C)(C)[C@H]2[C@H](CC(=O)N(CCO)Cc3ccccc3)O[C@@]3(C(=O)N(Cc4cccc(N5CCCCCCC5=O)c4)c4ccc(N5CCCCCCC5=O)cc43)[C@@H]2C)cc1. The number of rotatable bonds is 13. The van der Waals surface area contributed by atoms with Crippen LogP contribution in [0.3, 0.4) is 0 Å². The number of carbonyl (C=O) groups excluding carboxylic acids is 4. The summed E-state index contributed by atoms with van der Waals surface area (Å²) in [5.41, 5.74) is 3.18. The highest BCUT2D eigenvalue weighted by molar-refractivity contribution is 6.91. The van der Waals surface area contributed by atoms with E-state index in [1.807, 2.05) is 99.6 Å². The molecule has 0 bridgehead atoms. The minimum Gasteiger partial charge on any atom is -0.497 e. The summed E-state index contributed by atoms with van der Waals surface area (Å²) >= 11 is 0. The van der Waals surface area contributed by atoms with E-state index in [0.29, 0.717) is 38.0 Å². The van der Waals surface area contributed by atoms with Gasteiger partial charge in [-0.3, -0.25) is 19.2 Å². The normalized spacial score (nSPS) is 22.9. The van der Waals surface area contributed by atoms with Crippen LogP contribution in [0.4, 0.5) is 17.1 Å². The molecule has 344 valence electrons. The van der Waals surface area contributed by atoms with Crippen LogP contribution in [0.15, 0.2) is 97.1 Å². The van der Waals surface area contributed by atoms with E-state index >= 15 is 4.79 Å². The van der Waals surface area contributed by atoms with Gasteiger partial charge in [-0.15, -0.1) is 0 Å². The Morgan fingerprint density at radius 1 is 0.785 bits per heavy atom. The number of ether oxygens (including phenoxy) is 2. The Morgan fingerprint density at radius 2 is 1.42 bits per heavy atom. The number of nitrogens with zero attached hydrogens (tertiary/aromatic N) is 4. The van der Waals surface area contributed by atoms with Gasteiger partial charge in [0.2, 0.25) is 17.7 Å². The number of carbonyl (C=O) groups is 4. The third-order valence-electron chi connectivity index (χ3n) is 14.7. The van der Waals surface area contributed by atoms with Gasteiger partial charge in [0.05, 0.1) is 46.5 Å². The van der Waals surface area contributed by atoms with E-state index in [-0.39, 0.29) is 61.2 Å². The molecule has 4 aromatic carbocycles. The zero-order chi connectivity index (χ0) is 45.7. The summed E-state index contributed by atoms with van der Waals surface area (Å²) in [4.78, 5) is 65.0. The minimum atomic E-state index is -2.63. The number of aliphatic hydroxyl groups is 1. The standard InChI is InChI=1S/C53H66N4O7Si/c1-38-51(65(3,4)44-26-24-43(63-2)25-27-44)47(35-50(61)54(31-32-58)36-39-17-10-9-11-18-39)64-53(38)45-34-42(56-30-15-8-6-13-22-49(56)60)23-28-46(45)57(52(53)62)37-40-19-16-20-41(33-40)55-29-14-7-5-12-21-48(55)59/h9-11,16-20,23-28,33-34,38,47,51,58H,5-8,12-15,21-22,29-32,35-37H2,1-4H3/t38-,47+,51-,53+/m1/s1. The molecule has 12 heteroatoms. The highest BCUT2D eigenvalue weighted by Gasteiger charge is 2.66. The van der Waals surface area contributed by atoms with Crippen molar-refractivity contribution >= 4 is 54.0 Å². The second kappa shape index (κ2) is 20.1. The lowest BCUT2D eigenvalue weighted by atomic mass is 9.82. The van der Waals surface area contributed by atoms with Crippen LogP contribution >= 0.6 is 0 Å². The van der Waals surface area contributed by atoms with E-state index in [9.17, 15) is 19.5 Å². The van der Waals surface area contributed by atoms with E-state index in [0.717, 1.165) is 90.5 Å². The van der Waals surface area contributed by atoms with Crippen molar-refractivity contribution in [3.8, 4) is 5.75 Å². The summed E-state index contributed by atoms with van der Waals surface area (Å²) in [7, 11) is -0.974. The predicted molar refractivity (Wildman–Crippen MR) is 258 cm³/mol. The third kappa shape index (κ3) is 9.40. The molecule has 4 aromatic rings. The molecule has 1 spiro atoms. The molecular formula is C53H66N4O7Si. The Labute approximate surface area is 385 Å². The topological polar surface area (TPSA) is 120 Å². The molecule has 4 aliphatic rings. The maximum atomic E-state index is 15.9. The molecule has 1 N–H and O–H groups in total. The molecule has 0 saturated carbocycles. The summed E-state index contributed by atoms with van der Waals surface area (Å²) in [6, 6.07) is 31.9. The lowest BCUT2D eigenvalue weighted by molar-refractivity contribution is -0.150. The molecule has 8 rings (SSSR count). The van der Waals surface area contributed by atoms with Gasteiger partial charge >= 0.3 is 0 Å². The molecule has 0 aromatic heterocycles. The molecule has 65 heavy (non-hydrogen) atoms. The number of methoxy groups -OCH3 is 1. The van der Waals surface area contributed by atoms with Crippen molar-refractivity contribution in [2.45, 2.75) is 121 Å². The summed E-state index contributed by atoms with van der Waals surface area (Å²) in [5.74, 6) is 0.218. The number of anilines is 3. The summed E-state index contributed by atoms with van der Waals surface area (Å²) in [5, 5.41) is 11.3. The van der Waals surface area contributed by atoms with Gasteiger partial charge in [0.15, 0.2) is 5.60 Å². The number of aliphatic hydroxyl groups excluding tert-OH is 1. The molecule has 3 saturated heterocycles. The maximum absolute atomic E-state index is 15.9. The van der Waals surface area contributed by atoms with Gasteiger partial charge in [-0.1, -0.05) is 105 Å². The first-order valence-corrected chi connectivity index (χ1v) is 26.9. The van der Waals surface area contributed by atoms with E-state index < -0.39 is 19.8 Å². The van der Waals surface area contributed by atoms with Crippen LogP contribution in [0, 0.1) is 5.92 Å². The molecule has 0 radical (unpaired) electrons. The number of amides is 4. The van der Waals surface area contributed by atoms with Crippen molar-refractivity contribution in [3.63, 3.8) is 0 Å². The van der Waals surface area contributed by atoms with Crippen molar-refractivity contribution < 1.29 is 33.8 Å². The highest BCUT2D eigenvalue weighted by atomic mass is 28.3. The summed E-state index contributed by atoms with van der Waals surface area (Å²) in [6.07, 6.45) is 8.17. The fraction of sp³-hybridized carbons (Fsp3) is 0.472. The second-order valence-electron chi connectivity index (χ2n) is 19.1. The largest absolute Gasteiger partial charge is 0.497 e. The van der Waals surface area contributed by atoms with Gasteiger partial charge in [-0.05, 0) is 84.8 Å². The lowest BCUT2D eigenvalue weighted by Gasteiger charge is -2.37. The second-order valence-corrected chi connectivity index (χ2v) is 23.8. The molecule has 0 unspecified atom stereocenters. The first kappa shape index (κ1) is 46.2. The smallest absolute Gasteiger partial charge is 0.264 e. The fourth-order valence-corrected chi connectivity index (χ4v) is 15.2. The molecule has 3 fully saturated rings. The van der Waals surface area contributed by atoms with E-state index in [1.54, 1.807) is 12.0 Å². The van der Waals surface area contributed by atoms with Crippen molar-refractivity contribution in [1.29, 1.82) is 0 Å². The van der Waals surface area contributed by atoms with Crippen LogP contribution in [0.25, 0.3) is 0 Å². The van der Waals surface area contributed by atoms with Crippen LogP contribution in [0.1, 0.15) is 94.2 Å². The number of fused-ring (bicyclic) bond motifs is 2. The lowest BCUT2D eigenvalue weighted by Crippen LogP contribution is -2.52. The fourth-order valence-electron chi connectivity index (χ4n) is 11.2. The van der Waals surface area contributed by atoms with E-state index in [1.165, 1.54) is 0 Å². The van der Waals surface area contributed by atoms with E-state index in [4.69, 9.17) is 9.47 Å². The number of hydrogen-bond donors (Lipinski definition) is 1. The van der Waals surface area contributed by atoms with Gasteiger partial charge in [0.1, 0.15) is 5.75 Å². The summed E-state index contributed by atoms with van der Waals surface area (Å²) in [6.45, 7) is 8.54. The molecule has 4 aliphatic heterocycles. The average molecular weight is 899 g/mol. The number of hydrogen-bond acceptors (Lipinski definition) is 7. The van der Waals surface area contributed by atoms with Gasteiger partial charge < -0.3 is 34.2 Å². The van der Waals surface area contributed by atoms with Crippen molar-refractivity contribution in [2.24, 2.45) is 5.92 Å². The number of benzene rings is 4. The average Bonchev–Trinajstić information content (AvgIpc) is 3.72. The molecular weight excluding hydrogens is 833 g/mol. The monoisotopic (exact) mass is 898 g/mol. The van der Waals surface area contributed by atoms with Gasteiger partial charge in [-0.2, -0.15) is 0 Å². The van der Waals surface area contributed by atoms with Crippen molar-refractivity contribution in [3.05, 3.63) is 114 Å². The van der Waals surface area contributed by atoms with Crippen molar-refractivity contribution in [2.75, 3.05) is 48.1 Å². The molecule has 4 heterocycles. The van der Waals surface area contributed by atoms with E-state index in [2.05, 4.69) is 32.2 Å². The Bertz CT molecular complexity index is 2340. The minimum absolute atomic E-state index is 0.0228. The highest BCUT2D eigenvalue weighted by Crippen LogP contribution is 2.60. The molecule has 11 nitrogen and oxygen atoms in total. The molecule has 4 atom stereocenters. The van der Waals surface area contributed by atoms with Gasteiger partial charge in [-0.25, -0.2) is 0 Å². The molecule has 4 amide bonds. The Kier molecular flexibility index (Phi) is 14.3. The summed E-state index contributed by atoms with van der Waals surface area (Å²) < 4.78 is 13.0. The first-order valence-electron chi connectivity index (χ1n) is 23.9. The van der Waals surface area contributed by atoms with Crippen LogP contribution in [-0.2, 0) is 42.6 Å². The molecule has 0 aliphatic carbocycles. The van der Waals surface area contributed by atoms with Crippen LogP contribution in [-0.4, -0.2) is 81.2 Å². The Balaban J connectivity index is 1.23.